The molecule has 3 N–H and O–H groups in total. The van der Waals surface area contributed by atoms with Gasteiger partial charge in [0.1, 0.15) is 12.1 Å². The second kappa shape index (κ2) is 22.0. The number of cyclic esters (lactones) is 1. The van der Waals surface area contributed by atoms with Crippen LogP contribution in [-0.4, -0.2) is 158 Å². The number of likely N-dealkylation sites (N-methyl/N-ethyl adjacent to an activating group) is 1. The van der Waals surface area contributed by atoms with Crippen molar-refractivity contribution in [1.29, 1.82) is 0 Å². The van der Waals surface area contributed by atoms with Crippen molar-refractivity contribution in [3.05, 3.63) is 71.7 Å². The van der Waals surface area contributed by atoms with E-state index < -0.39 is 64.4 Å². The zero-order valence-electron chi connectivity index (χ0n) is 44.7. The number of amides is 5. The van der Waals surface area contributed by atoms with E-state index in [1.807, 2.05) is 91.7 Å². The van der Waals surface area contributed by atoms with Crippen LogP contribution in [0.4, 0.5) is 4.79 Å². The Bertz CT molecular complexity index is 2790. The third-order valence-electron chi connectivity index (χ3n) is 14.5. The van der Waals surface area contributed by atoms with Crippen LogP contribution in [0.3, 0.4) is 0 Å². The second-order valence-corrected chi connectivity index (χ2v) is 21.5. The van der Waals surface area contributed by atoms with Crippen molar-refractivity contribution in [3.8, 4) is 34.4 Å². The van der Waals surface area contributed by atoms with E-state index in [1.54, 1.807) is 26.4 Å². The summed E-state index contributed by atoms with van der Waals surface area (Å²) >= 11 is 0. The van der Waals surface area contributed by atoms with E-state index in [0.29, 0.717) is 43.9 Å². The van der Waals surface area contributed by atoms with Gasteiger partial charge in [0.25, 0.3) is 11.8 Å². The van der Waals surface area contributed by atoms with Crippen molar-refractivity contribution in [2.24, 2.45) is 11.3 Å². The van der Waals surface area contributed by atoms with Crippen LogP contribution in [0.5, 0.6) is 0 Å². The lowest BCUT2D eigenvalue weighted by Gasteiger charge is -2.41. The zero-order chi connectivity index (χ0) is 53.2. The summed E-state index contributed by atoms with van der Waals surface area (Å²) in [7, 11) is 6.97. The first-order valence-corrected chi connectivity index (χ1v) is 25.4. The molecule has 0 aliphatic carbocycles. The fraction of sp³-hybridized carbons (Fsp3) is 0.545. The highest BCUT2D eigenvalue weighted by Gasteiger charge is 2.46. The van der Waals surface area contributed by atoms with E-state index in [9.17, 15) is 29.1 Å². The third kappa shape index (κ3) is 11.7. The number of hydrogen-bond donors (Lipinski definition) is 3. The molecular weight excluding hydrogens is 929 g/mol. The number of hydrogen-bond acceptors (Lipinski definition) is 12. The number of carbonyl (C=O) groups is 5. The number of aromatic nitrogens is 3. The maximum atomic E-state index is 14.8. The molecule has 6 heterocycles. The van der Waals surface area contributed by atoms with Gasteiger partial charge in [-0.1, -0.05) is 45.7 Å². The van der Waals surface area contributed by atoms with Crippen LogP contribution in [0.1, 0.15) is 97.7 Å². The molecule has 3 aliphatic heterocycles. The van der Waals surface area contributed by atoms with Gasteiger partial charge in [0, 0.05) is 92.5 Å². The quantitative estimate of drug-likeness (QED) is 0.144. The molecule has 0 radical (unpaired) electrons. The molecule has 73 heavy (non-hydrogen) atoms. The van der Waals surface area contributed by atoms with E-state index in [2.05, 4.69) is 52.3 Å². The number of methoxy groups -OCH3 is 1. The van der Waals surface area contributed by atoms with Crippen LogP contribution in [0, 0.1) is 23.2 Å². The van der Waals surface area contributed by atoms with Crippen LogP contribution >= 0.6 is 0 Å². The molecule has 6 bridgehead atoms. The lowest BCUT2D eigenvalue weighted by molar-refractivity contribution is -0.189. The maximum absolute atomic E-state index is 14.8. The number of aryl methyl sites for hydroxylation is 1. The molecule has 2 saturated heterocycles. The highest BCUT2D eigenvalue weighted by Crippen LogP contribution is 2.42. The predicted octanol–water partition coefficient (Wildman–Crippen LogP) is 5.37. The number of carbonyl (C=O) groups excluding carboxylic acids is 5. The molecule has 5 amide bonds. The number of aliphatic hydroxyl groups is 1. The van der Waals surface area contributed by atoms with Crippen molar-refractivity contribution < 1.29 is 38.6 Å². The van der Waals surface area contributed by atoms with E-state index in [0.717, 1.165) is 39.0 Å². The Hall–Kier alpha value is -6.39. The normalized spacial score (nSPS) is 20.5. The van der Waals surface area contributed by atoms with E-state index in [-0.39, 0.29) is 45.2 Å². The van der Waals surface area contributed by atoms with Crippen LogP contribution in [0.25, 0.3) is 33.4 Å². The van der Waals surface area contributed by atoms with Gasteiger partial charge in [-0.15, -0.1) is 0 Å². The standard InChI is InChI=1S/C55H74N10O8/c1-13-64-44-22-21-37-30-40(44)41(48(64)39-19-15-26-56-46(39)36(4)72-12)32-53(5,6)33-73-51(69)55(71)24-16-29-65(59-55)50(68)43(31-38-18-14-20-42(37)57-38)58-49(67)47(35(2)3)61(11)52(70)63-28-17-27-62(34-63)45(66)23-25-54(7,8)60(9)10/h14-15,18-22,26,30,35-36,43,47,59,71H,13,16-17,24,27-29,31-34H2,1-12H3,(H,58,67)/t36-,43-,47-,55-/m0/s1. The molecular formula is C55H74N10O8. The molecule has 0 spiro atoms. The van der Waals surface area contributed by atoms with E-state index in [1.165, 1.54) is 19.7 Å². The van der Waals surface area contributed by atoms with Crippen molar-refractivity contribution in [2.75, 3.05) is 61.2 Å². The van der Waals surface area contributed by atoms with Gasteiger partial charge in [-0.3, -0.25) is 34.3 Å². The average molecular weight is 1000 g/mol. The van der Waals surface area contributed by atoms with Crippen molar-refractivity contribution in [3.63, 3.8) is 0 Å². The highest BCUT2D eigenvalue weighted by atomic mass is 16.6. The molecule has 4 aromatic rings. The number of ether oxygens (including phenoxy) is 2. The molecule has 18 nitrogen and oxygen atoms in total. The fourth-order valence-electron chi connectivity index (χ4n) is 9.90. The van der Waals surface area contributed by atoms with Gasteiger partial charge in [-0.25, -0.2) is 9.59 Å². The van der Waals surface area contributed by atoms with Crippen molar-refractivity contribution in [2.45, 2.75) is 123 Å². The monoisotopic (exact) mass is 1000 g/mol. The molecule has 4 atom stereocenters. The molecule has 0 saturated carbocycles. The summed E-state index contributed by atoms with van der Waals surface area (Å²) in [5.74, 6) is 2.82. The molecule has 7 rings (SSSR count). The van der Waals surface area contributed by atoms with Gasteiger partial charge in [0.05, 0.1) is 42.0 Å². The largest absolute Gasteiger partial charge is 0.462 e. The number of nitrogens with one attached hydrogen (secondary N) is 2. The Kier molecular flexibility index (Phi) is 16.4. The zero-order valence-corrected chi connectivity index (χ0v) is 44.7. The molecule has 3 aromatic heterocycles. The second-order valence-electron chi connectivity index (χ2n) is 21.5. The first-order chi connectivity index (χ1) is 34.5. The summed E-state index contributed by atoms with van der Waals surface area (Å²) in [6.07, 6.45) is 2.60. The lowest BCUT2D eigenvalue weighted by atomic mass is 9.84. The van der Waals surface area contributed by atoms with Gasteiger partial charge < -0.3 is 39.2 Å². The molecule has 392 valence electrons. The Balaban J connectivity index is 1.25. The van der Waals surface area contributed by atoms with Gasteiger partial charge in [-0.2, -0.15) is 5.43 Å². The third-order valence-corrected chi connectivity index (χ3v) is 14.5. The smallest absolute Gasteiger partial charge is 0.355 e. The summed E-state index contributed by atoms with van der Waals surface area (Å²) in [6.45, 7) is 17.0. The number of esters is 1. The molecule has 1 aromatic carbocycles. The number of urea groups is 1. The number of hydrazine groups is 1. The Morgan fingerprint density at radius 2 is 1.77 bits per heavy atom. The minimum Gasteiger partial charge on any atom is -0.462 e. The summed E-state index contributed by atoms with van der Waals surface area (Å²) in [4.78, 5) is 87.4. The van der Waals surface area contributed by atoms with E-state index in [4.69, 9.17) is 19.4 Å². The first kappa shape index (κ1) is 54.4. The SMILES string of the molecule is CCn1c(-c2cccnc2[C@H](C)OC)c2c3cc(ccc31)-c1cccc(n1)C[C@H](NC(=O)[C@H](C(C)C)N(C)C(=O)N1CCCN(C(=O)C#CC(C)(C)N(C)C)C1)C(=O)N1CCC[C@@](O)(N1)C(=O)OCC(C)(C)C2. The molecule has 0 unspecified atom stereocenters. The maximum Gasteiger partial charge on any atom is 0.355 e. The Morgan fingerprint density at radius 1 is 1.03 bits per heavy atom. The topological polar surface area (TPSA) is 195 Å². The van der Waals surface area contributed by atoms with Crippen LogP contribution in [0.15, 0.2) is 54.7 Å². The number of nitrogens with zero attached hydrogens (tertiary/aromatic N) is 8. The number of benzene rings is 1. The number of rotatable bonds is 9. The predicted molar refractivity (Wildman–Crippen MR) is 278 cm³/mol. The van der Waals surface area contributed by atoms with Crippen molar-refractivity contribution >= 4 is 40.6 Å². The highest BCUT2D eigenvalue weighted by molar-refractivity contribution is 5.96. The average Bonchev–Trinajstić information content (AvgIpc) is 3.67. The van der Waals surface area contributed by atoms with E-state index >= 15 is 0 Å². The molecule has 18 heteroatoms. The van der Waals surface area contributed by atoms with Gasteiger partial charge in [0.2, 0.25) is 11.6 Å². The van der Waals surface area contributed by atoms with Gasteiger partial charge in [0.15, 0.2) is 0 Å². The summed E-state index contributed by atoms with van der Waals surface area (Å²) in [6, 6.07) is 13.0. The summed E-state index contributed by atoms with van der Waals surface area (Å²) in [5.41, 5.74) is 5.99. The molecule has 2 fully saturated rings. The van der Waals surface area contributed by atoms with Gasteiger partial charge >= 0.3 is 12.0 Å². The van der Waals surface area contributed by atoms with Crippen LogP contribution in [-0.2, 0) is 48.0 Å². The van der Waals surface area contributed by atoms with Crippen LogP contribution < -0.4 is 10.7 Å². The summed E-state index contributed by atoms with van der Waals surface area (Å²) < 4.78 is 14.1. The minimum atomic E-state index is -2.26. The van der Waals surface area contributed by atoms with Crippen LogP contribution in [0.2, 0.25) is 0 Å². The Morgan fingerprint density at radius 3 is 2.47 bits per heavy atom. The number of pyridine rings is 2. The Labute approximate surface area is 429 Å². The lowest BCUT2D eigenvalue weighted by Crippen LogP contribution is -2.67. The summed E-state index contributed by atoms with van der Waals surface area (Å²) in [5, 5.41) is 17.1. The number of fused-ring (bicyclic) bond motifs is 6. The van der Waals surface area contributed by atoms with Crippen molar-refractivity contribution in [1.82, 2.24) is 49.9 Å². The minimum absolute atomic E-state index is 0.00293. The molecule has 3 aliphatic rings. The fourth-order valence-corrected chi connectivity index (χ4v) is 9.90. The first-order valence-electron chi connectivity index (χ1n) is 25.4. The van der Waals surface area contributed by atoms with Gasteiger partial charge in [-0.05, 0) is 115 Å².